The summed E-state index contributed by atoms with van der Waals surface area (Å²) in [5, 5.41) is 4.10. The lowest BCUT2D eigenvalue weighted by Crippen LogP contribution is -2.16. The molecule has 0 bridgehead atoms. The van der Waals surface area contributed by atoms with E-state index >= 15 is 0 Å². The zero-order valence-electron chi connectivity index (χ0n) is 11.4. The van der Waals surface area contributed by atoms with E-state index < -0.39 is 6.04 Å². The van der Waals surface area contributed by atoms with Gasteiger partial charge in [-0.1, -0.05) is 23.9 Å². The van der Waals surface area contributed by atoms with Gasteiger partial charge >= 0.3 is 0 Å². The third-order valence-corrected chi connectivity index (χ3v) is 4.00. The summed E-state index contributed by atoms with van der Waals surface area (Å²) >= 11 is 1.26. The van der Waals surface area contributed by atoms with Crippen molar-refractivity contribution in [1.82, 2.24) is 9.59 Å². The molecule has 0 saturated carbocycles. The zero-order chi connectivity index (χ0) is 14.0. The first kappa shape index (κ1) is 14.1. The lowest BCUT2D eigenvalue weighted by atomic mass is 9.96. The molecule has 1 unspecified atom stereocenters. The molecule has 0 radical (unpaired) electrons. The topological polar surface area (TPSA) is 51.8 Å². The maximum absolute atomic E-state index is 14.2. The molecule has 0 saturated heterocycles. The van der Waals surface area contributed by atoms with Crippen LogP contribution in [0.5, 0.6) is 0 Å². The average molecular weight is 279 g/mol. The quantitative estimate of drug-likeness (QED) is 0.934. The summed E-state index contributed by atoms with van der Waals surface area (Å²) in [6.07, 6.45) is 1.80. The molecule has 0 aliphatic carbocycles. The molecule has 2 rings (SSSR count). The molecule has 2 aromatic rings. The van der Waals surface area contributed by atoms with Crippen LogP contribution in [0.1, 0.15) is 46.6 Å². The van der Waals surface area contributed by atoms with Crippen LogP contribution in [0.25, 0.3) is 0 Å². The number of nitrogens with zero attached hydrogens (tertiary/aromatic N) is 2. The molecule has 2 N–H and O–H groups in total. The van der Waals surface area contributed by atoms with Gasteiger partial charge in [0.15, 0.2) is 0 Å². The van der Waals surface area contributed by atoms with E-state index in [9.17, 15) is 4.39 Å². The first-order valence-electron chi connectivity index (χ1n) is 6.38. The highest BCUT2D eigenvalue weighted by Crippen LogP contribution is 2.30. The Hall–Kier alpha value is -1.33. The maximum atomic E-state index is 14.2. The molecule has 1 aromatic heterocycles. The fourth-order valence-corrected chi connectivity index (χ4v) is 3.02. The minimum absolute atomic E-state index is 0.249. The van der Waals surface area contributed by atoms with Gasteiger partial charge < -0.3 is 5.73 Å². The molecule has 19 heavy (non-hydrogen) atoms. The van der Waals surface area contributed by atoms with E-state index in [1.54, 1.807) is 0 Å². The second-order valence-corrected chi connectivity index (χ2v) is 5.57. The number of nitrogens with two attached hydrogens (primary N) is 1. The summed E-state index contributed by atoms with van der Waals surface area (Å²) in [6.45, 7) is 5.84. The van der Waals surface area contributed by atoms with E-state index in [1.807, 2.05) is 19.9 Å². The number of halogens is 1. The maximum Gasteiger partial charge on any atom is 0.128 e. The third-order valence-electron chi connectivity index (χ3n) is 3.15. The molecule has 102 valence electrons. The van der Waals surface area contributed by atoms with Gasteiger partial charge in [0.05, 0.1) is 16.6 Å². The van der Waals surface area contributed by atoms with Crippen LogP contribution in [0, 0.1) is 19.7 Å². The Balaban J connectivity index is 2.44. The van der Waals surface area contributed by atoms with E-state index in [0.717, 1.165) is 34.5 Å². The van der Waals surface area contributed by atoms with E-state index in [2.05, 4.69) is 16.5 Å². The Kier molecular flexibility index (Phi) is 4.27. The van der Waals surface area contributed by atoms with Crippen LogP contribution in [0.3, 0.4) is 0 Å². The largest absolute Gasteiger partial charge is 0.319 e. The molecule has 0 fully saturated rings. The lowest BCUT2D eigenvalue weighted by molar-refractivity contribution is 0.596. The molecule has 1 atom stereocenters. The molecule has 0 aliphatic heterocycles. The van der Waals surface area contributed by atoms with Gasteiger partial charge in [-0.25, -0.2) is 4.39 Å². The SMILES string of the molecule is CCCc1nnsc1C(N)c1c(C)cc(C)cc1F. The van der Waals surface area contributed by atoms with Crippen molar-refractivity contribution in [2.45, 2.75) is 39.7 Å². The third kappa shape index (κ3) is 2.82. The smallest absolute Gasteiger partial charge is 0.128 e. The van der Waals surface area contributed by atoms with Gasteiger partial charge in [-0.05, 0) is 49.0 Å². The molecule has 0 aliphatic rings. The van der Waals surface area contributed by atoms with Crippen molar-refractivity contribution in [2.24, 2.45) is 5.73 Å². The monoisotopic (exact) mass is 279 g/mol. The normalized spacial score (nSPS) is 12.7. The van der Waals surface area contributed by atoms with Crippen LogP contribution in [-0.2, 0) is 6.42 Å². The summed E-state index contributed by atoms with van der Waals surface area (Å²) in [4.78, 5) is 0.868. The standard InChI is InChI=1S/C14H18FN3S/c1-4-5-11-14(19-18-17-11)13(16)12-9(3)6-8(2)7-10(12)15/h6-7,13H,4-5,16H2,1-3H3. The number of benzene rings is 1. The summed E-state index contributed by atoms with van der Waals surface area (Å²) in [6, 6.07) is 2.99. The van der Waals surface area contributed by atoms with Crippen LogP contribution in [0.15, 0.2) is 12.1 Å². The van der Waals surface area contributed by atoms with Gasteiger partial charge in [-0.15, -0.1) is 5.10 Å². The molecule has 1 heterocycles. The van der Waals surface area contributed by atoms with Gasteiger partial charge in [-0.3, -0.25) is 0 Å². The van der Waals surface area contributed by atoms with Crippen molar-refractivity contribution in [3.63, 3.8) is 0 Å². The van der Waals surface area contributed by atoms with Crippen molar-refractivity contribution >= 4 is 11.5 Å². The highest BCUT2D eigenvalue weighted by Gasteiger charge is 2.21. The van der Waals surface area contributed by atoms with Crippen LogP contribution in [0.4, 0.5) is 4.39 Å². The van der Waals surface area contributed by atoms with Crippen molar-refractivity contribution in [3.05, 3.63) is 45.2 Å². The fourth-order valence-electron chi connectivity index (χ4n) is 2.31. The predicted octanol–water partition coefficient (Wildman–Crippen LogP) is 3.29. The highest BCUT2D eigenvalue weighted by atomic mass is 32.1. The van der Waals surface area contributed by atoms with Gasteiger partial charge in [0.2, 0.25) is 0 Å². The number of aryl methyl sites for hydroxylation is 3. The van der Waals surface area contributed by atoms with Crippen molar-refractivity contribution in [1.29, 1.82) is 0 Å². The predicted molar refractivity (Wildman–Crippen MR) is 75.8 cm³/mol. The van der Waals surface area contributed by atoms with Gasteiger partial charge in [0, 0.05) is 5.56 Å². The van der Waals surface area contributed by atoms with Crippen LogP contribution in [0.2, 0.25) is 0 Å². The lowest BCUT2D eigenvalue weighted by Gasteiger charge is -2.15. The molecule has 0 amide bonds. The molecule has 3 nitrogen and oxygen atoms in total. The number of rotatable bonds is 4. The first-order valence-corrected chi connectivity index (χ1v) is 7.15. The van der Waals surface area contributed by atoms with Crippen molar-refractivity contribution in [3.8, 4) is 0 Å². The molecular weight excluding hydrogens is 261 g/mol. The number of aromatic nitrogens is 2. The second kappa shape index (κ2) is 5.75. The summed E-state index contributed by atoms with van der Waals surface area (Å²) in [5.74, 6) is -0.249. The zero-order valence-corrected chi connectivity index (χ0v) is 12.2. The van der Waals surface area contributed by atoms with Gasteiger partial charge in [0.25, 0.3) is 0 Å². The van der Waals surface area contributed by atoms with E-state index in [-0.39, 0.29) is 5.82 Å². The molecule has 0 spiro atoms. The highest BCUT2D eigenvalue weighted by molar-refractivity contribution is 7.05. The van der Waals surface area contributed by atoms with E-state index in [0.29, 0.717) is 5.56 Å². The Morgan fingerprint density at radius 3 is 2.74 bits per heavy atom. The van der Waals surface area contributed by atoms with E-state index in [1.165, 1.54) is 17.6 Å². The Bertz CT molecular complexity index is 557. The van der Waals surface area contributed by atoms with Gasteiger partial charge in [0.1, 0.15) is 5.82 Å². The molecular formula is C14H18FN3S. The van der Waals surface area contributed by atoms with Gasteiger partial charge in [-0.2, -0.15) is 0 Å². The summed E-state index contributed by atoms with van der Waals surface area (Å²) in [7, 11) is 0. The number of hydrogen-bond donors (Lipinski definition) is 1. The van der Waals surface area contributed by atoms with E-state index in [4.69, 9.17) is 5.73 Å². The van der Waals surface area contributed by atoms with Crippen molar-refractivity contribution < 1.29 is 4.39 Å². The minimum atomic E-state index is -0.484. The fraction of sp³-hybridized carbons (Fsp3) is 0.429. The van der Waals surface area contributed by atoms with Crippen LogP contribution >= 0.6 is 11.5 Å². The summed E-state index contributed by atoms with van der Waals surface area (Å²) in [5.41, 5.74) is 9.45. The Morgan fingerprint density at radius 2 is 2.11 bits per heavy atom. The van der Waals surface area contributed by atoms with Crippen LogP contribution < -0.4 is 5.73 Å². The Labute approximate surface area is 116 Å². The summed E-state index contributed by atoms with van der Waals surface area (Å²) < 4.78 is 18.1. The molecule has 5 heteroatoms. The average Bonchev–Trinajstić information content (AvgIpc) is 2.76. The first-order chi connectivity index (χ1) is 9.04. The Morgan fingerprint density at radius 1 is 1.37 bits per heavy atom. The second-order valence-electron chi connectivity index (χ2n) is 4.79. The number of hydrogen-bond acceptors (Lipinski definition) is 4. The van der Waals surface area contributed by atoms with Crippen molar-refractivity contribution in [2.75, 3.05) is 0 Å². The van der Waals surface area contributed by atoms with Crippen LogP contribution in [-0.4, -0.2) is 9.59 Å². The minimum Gasteiger partial charge on any atom is -0.319 e. The molecule has 1 aromatic carbocycles.